The molecule has 1 aromatic heterocycles. The highest BCUT2D eigenvalue weighted by atomic mass is 32.1. The lowest BCUT2D eigenvalue weighted by molar-refractivity contribution is -0.119. The molecule has 2 aromatic carbocycles. The lowest BCUT2D eigenvalue weighted by Gasteiger charge is -2.07. The molecular weight excluding hydrogens is 364 g/mol. The lowest BCUT2D eigenvalue weighted by Crippen LogP contribution is -2.20. The van der Waals surface area contributed by atoms with E-state index in [2.05, 4.69) is 10.3 Å². The van der Waals surface area contributed by atoms with Gasteiger partial charge < -0.3 is 14.8 Å². The maximum atomic E-state index is 12.3. The summed E-state index contributed by atoms with van der Waals surface area (Å²) < 4.78 is 10.2. The minimum atomic E-state index is -0.562. The van der Waals surface area contributed by atoms with Crippen LogP contribution in [0.1, 0.15) is 15.4 Å². The standard InChI is InChI=1S/C20H18N2O4S/c1-13-18(27-19(21-13)14-7-4-3-5-8-14)20(24)26-12-17(23)22-15-9-6-10-16(11-15)25-2/h3-11H,12H2,1-2H3,(H,22,23). The van der Waals surface area contributed by atoms with Gasteiger partial charge in [0, 0.05) is 17.3 Å². The van der Waals surface area contributed by atoms with E-state index in [-0.39, 0.29) is 6.61 Å². The number of benzene rings is 2. The van der Waals surface area contributed by atoms with Gasteiger partial charge in [0.05, 0.1) is 12.8 Å². The van der Waals surface area contributed by atoms with E-state index in [0.717, 1.165) is 10.6 Å². The zero-order chi connectivity index (χ0) is 19.2. The van der Waals surface area contributed by atoms with Gasteiger partial charge in [-0.25, -0.2) is 9.78 Å². The monoisotopic (exact) mass is 382 g/mol. The number of aromatic nitrogens is 1. The average molecular weight is 382 g/mol. The van der Waals surface area contributed by atoms with E-state index in [1.165, 1.54) is 11.3 Å². The number of carbonyl (C=O) groups is 2. The second-order valence-electron chi connectivity index (χ2n) is 5.66. The molecule has 6 nitrogen and oxygen atoms in total. The molecule has 0 aliphatic rings. The number of methoxy groups -OCH3 is 1. The number of rotatable bonds is 6. The van der Waals surface area contributed by atoms with Gasteiger partial charge in [-0.3, -0.25) is 4.79 Å². The molecule has 138 valence electrons. The van der Waals surface area contributed by atoms with Crippen molar-refractivity contribution in [3.05, 3.63) is 65.2 Å². The summed E-state index contributed by atoms with van der Waals surface area (Å²) in [5.74, 6) is -0.367. The SMILES string of the molecule is COc1cccc(NC(=O)COC(=O)c2sc(-c3ccccc3)nc2C)c1. The van der Waals surface area contributed by atoms with Gasteiger partial charge in [-0.05, 0) is 19.1 Å². The van der Waals surface area contributed by atoms with E-state index < -0.39 is 11.9 Å². The Morgan fingerprint density at radius 3 is 2.63 bits per heavy atom. The summed E-state index contributed by atoms with van der Waals surface area (Å²) in [6.07, 6.45) is 0. The first-order valence-electron chi connectivity index (χ1n) is 8.20. The fourth-order valence-corrected chi connectivity index (χ4v) is 3.35. The summed E-state index contributed by atoms with van der Waals surface area (Å²) in [6.45, 7) is 1.36. The highest BCUT2D eigenvalue weighted by molar-refractivity contribution is 7.17. The summed E-state index contributed by atoms with van der Waals surface area (Å²) in [5, 5.41) is 3.40. The first kappa shape index (κ1) is 18.6. The van der Waals surface area contributed by atoms with Gasteiger partial charge in [-0.15, -0.1) is 11.3 Å². The molecule has 0 bridgehead atoms. The Hall–Kier alpha value is -3.19. The van der Waals surface area contributed by atoms with Crippen molar-refractivity contribution in [2.24, 2.45) is 0 Å². The molecule has 27 heavy (non-hydrogen) atoms. The van der Waals surface area contributed by atoms with Crippen LogP contribution >= 0.6 is 11.3 Å². The zero-order valence-corrected chi connectivity index (χ0v) is 15.7. The molecule has 0 saturated carbocycles. The minimum absolute atomic E-state index is 0.381. The first-order chi connectivity index (χ1) is 13.1. The molecular formula is C20H18N2O4S. The number of hydrogen-bond acceptors (Lipinski definition) is 6. The van der Waals surface area contributed by atoms with Crippen LogP contribution in [0.25, 0.3) is 10.6 Å². The molecule has 0 saturated heterocycles. The normalized spacial score (nSPS) is 10.3. The summed E-state index contributed by atoms with van der Waals surface area (Å²) >= 11 is 1.25. The molecule has 3 rings (SSSR count). The number of hydrogen-bond donors (Lipinski definition) is 1. The van der Waals surface area contributed by atoms with Crippen molar-refractivity contribution in [3.63, 3.8) is 0 Å². The molecule has 1 amide bonds. The second kappa shape index (κ2) is 8.46. The van der Waals surface area contributed by atoms with Crippen LogP contribution in [0.5, 0.6) is 5.75 Å². The first-order valence-corrected chi connectivity index (χ1v) is 9.02. The Kier molecular flexibility index (Phi) is 5.83. The Balaban J connectivity index is 1.60. The molecule has 0 radical (unpaired) electrons. The van der Waals surface area contributed by atoms with Crippen molar-refractivity contribution in [1.29, 1.82) is 0 Å². The Bertz CT molecular complexity index is 954. The van der Waals surface area contributed by atoms with Crippen molar-refractivity contribution < 1.29 is 19.1 Å². The largest absolute Gasteiger partial charge is 0.497 e. The van der Waals surface area contributed by atoms with Gasteiger partial charge in [-0.1, -0.05) is 36.4 Å². The number of ether oxygens (including phenoxy) is 2. The summed E-state index contributed by atoms with van der Waals surface area (Å²) in [6, 6.07) is 16.5. The number of aryl methyl sites for hydroxylation is 1. The molecule has 0 fully saturated rings. The van der Waals surface area contributed by atoms with Crippen LogP contribution < -0.4 is 10.1 Å². The minimum Gasteiger partial charge on any atom is -0.497 e. The fraction of sp³-hybridized carbons (Fsp3) is 0.150. The number of carbonyl (C=O) groups excluding carboxylic acids is 2. The number of nitrogens with zero attached hydrogens (tertiary/aromatic N) is 1. The van der Waals surface area contributed by atoms with Gasteiger partial charge >= 0.3 is 5.97 Å². The molecule has 0 spiro atoms. The van der Waals surface area contributed by atoms with E-state index in [1.54, 1.807) is 38.3 Å². The number of amides is 1. The molecule has 0 atom stereocenters. The van der Waals surface area contributed by atoms with Gasteiger partial charge in [0.25, 0.3) is 5.91 Å². The fourth-order valence-electron chi connectivity index (χ4n) is 2.38. The van der Waals surface area contributed by atoms with Gasteiger partial charge in [0.2, 0.25) is 0 Å². The predicted molar refractivity (Wildman–Crippen MR) is 104 cm³/mol. The highest BCUT2D eigenvalue weighted by Gasteiger charge is 2.18. The quantitative estimate of drug-likeness (QED) is 0.654. The van der Waals surface area contributed by atoms with E-state index in [1.807, 2.05) is 30.3 Å². The van der Waals surface area contributed by atoms with Crippen molar-refractivity contribution in [2.45, 2.75) is 6.92 Å². The number of thiazole rings is 1. The lowest BCUT2D eigenvalue weighted by atomic mass is 10.2. The Morgan fingerprint density at radius 1 is 1.11 bits per heavy atom. The van der Waals surface area contributed by atoms with Crippen molar-refractivity contribution in [1.82, 2.24) is 4.98 Å². The smallest absolute Gasteiger partial charge is 0.350 e. The van der Waals surface area contributed by atoms with Gasteiger partial charge in [0.15, 0.2) is 6.61 Å². The highest BCUT2D eigenvalue weighted by Crippen LogP contribution is 2.28. The molecule has 3 aromatic rings. The molecule has 0 aliphatic heterocycles. The van der Waals surface area contributed by atoms with Crippen LogP contribution in [0.4, 0.5) is 5.69 Å². The van der Waals surface area contributed by atoms with Crippen LogP contribution in [0.3, 0.4) is 0 Å². The van der Waals surface area contributed by atoms with Crippen LogP contribution in [0.15, 0.2) is 54.6 Å². The maximum absolute atomic E-state index is 12.3. The van der Waals surface area contributed by atoms with Gasteiger partial charge in [0.1, 0.15) is 15.6 Å². The number of esters is 1. The third-order valence-corrected chi connectivity index (χ3v) is 4.88. The van der Waals surface area contributed by atoms with Crippen LogP contribution in [-0.4, -0.2) is 30.6 Å². The molecule has 0 aliphatic carbocycles. The van der Waals surface area contributed by atoms with E-state index in [0.29, 0.717) is 22.0 Å². The van der Waals surface area contributed by atoms with E-state index >= 15 is 0 Å². The average Bonchev–Trinajstić information content (AvgIpc) is 3.09. The Labute approximate surface area is 160 Å². The zero-order valence-electron chi connectivity index (χ0n) is 14.9. The van der Waals surface area contributed by atoms with Crippen molar-refractivity contribution in [2.75, 3.05) is 19.0 Å². The summed E-state index contributed by atoms with van der Waals surface area (Å²) in [7, 11) is 1.55. The maximum Gasteiger partial charge on any atom is 0.350 e. The van der Waals surface area contributed by atoms with Crippen LogP contribution in [0, 0.1) is 6.92 Å². The van der Waals surface area contributed by atoms with E-state index in [4.69, 9.17) is 9.47 Å². The topological polar surface area (TPSA) is 77.5 Å². The third kappa shape index (κ3) is 4.71. The Morgan fingerprint density at radius 2 is 1.89 bits per heavy atom. The third-order valence-electron chi connectivity index (χ3n) is 3.69. The molecule has 1 heterocycles. The number of anilines is 1. The van der Waals surface area contributed by atoms with Crippen molar-refractivity contribution >= 4 is 28.9 Å². The summed E-state index contributed by atoms with van der Waals surface area (Å²) in [4.78, 5) is 29.1. The van der Waals surface area contributed by atoms with Crippen LogP contribution in [-0.2, 0) is 9.53 Å². The predicted octanol–water partition coefficient (Wildman–Crippen LogP) is 3.92. The molecule has 7 heteroatoms. The summed E-state index contributed by atoms with van der Waals surface area (Å²) in [5.41, 5.74) is 2.08. The number of nitrogens with one attached hydrogen (secondary N) is 1. The van der Waals surface area contributed by atoms with E-state index in [9.17, 15) is 9.59 Å². The molecule has 0 unspecified atom stereocenters. The molecule has 1 N–H and O–H groups in total. The van der Waals surface area contributed by atoms with Gasteiger partial charge in [-0.2, -0.15) is 0 Å². The second-order valence-corrected chi connectivity index (χ2v) is 6.65. The van der Waals surface area contributed by atoms with Crippen LogP contribution in [0.2, 0.25) is 0 Å². The van der Waals surface area contributed by atoms with Crippen molar-refractivity contribution in [3.8, 4) is 16.3 Å².